The third kappa shape index (κ3) is 4.68. The lowest BCUT2D eigenvalue weighted by atomic mass is 10.0. The van der Waals surface area contributed by atoms with Crippen molar-refractivity contribution in [2.24, 2.45) is 0 Å². The molecule has 0 spiro atoms. The number of aliphatic hydroxyl groups excluding tert-OH is 1. The van der Waals surface area contributed by atoms with Crippen LogP contribution in [0.25, 0.3) is 0 Å². The van der Waals surface area contributed by atoms with Crippen molar-refractivity contribution in [2.45, 2.75) is 32.0 Å². The highest BCUT2D eigenvalue weighted by atomic mass is 79.9. The Hall–Kier alpha value is -0.620. The summed E-state index contributed by atoms with van der Waals surface area (Å²) in [6.07, 6.45) is 1.06. The minimum absolute atomic E-state index is 0.122. The molecule has 1 saturated heterocycles. The van der Waals surface area contributed by atoms with Gasteiger partial charge in [0.2, 0.25) is 0 Å². The number of hydrogen-bond donors (Lipinski definition) is 1. The summed E-state index contributed by atoms with van der Waals surface area (Å²) in [7, 11) is 1.65. The van der Waals surface area contributed by atoms with Crippen molar-refractivity contribution in [2.75, 3.05) is 33.4 Å². The monoisotopic (exact) mass is 357 g/mol. The van der Waals surface area contributed by atoms with E-state index in [1.54, 1.807) is 7.11 Å². The maximum Gasteiger partial charge on any atom is 0.119 e. The van der Waals surface area contributed by atoms with Gasteiger partial charge in [-0.05, 0) is 36.7 Å². The number of aliphatic hydroxyl groups is 1. The molecule has 2 atom stereocenters. The average molecular weight is 358 g/mol. The van der Waals surface area contributed by atoms with Gasteiger partial charge in [-0.2, -0.15) is 0 Å². The van der Waals surface area contributed by atoms with Gasteiger partial charge in [-0.3, -0.25) is 4.90 Å². The average Bonchev–Trinajstić information content (AvgIpc) is 2.50. The van der Waals surface area contributed by atoms with Crippen molar-refractivity contribution in [1.82, 2.24) is 4.90 Å². The molecule has 2 unspecified atom stereocenters. The first-order valence-electron chi connectivity index (χ1n) is 7.48. The van der Waals surface area contributed by atoms with E-state index in [1.165, 1.54) is 0 Å². The predicted molar refractivity (Wildman–Crippen MR) is 86.9 cm³/mol. The standard InChI is InChI=1S/C16H24BrNO3/c1-3-6-18-7-8-21-16(11-18)15(19)10-12-9-13(20-2)4-5-14(12)17/h4-5,9,15-16,19H,3,6-8,10-11H2,1-2H3. The van der Waals surface area contributed by atoms with Crippen LogP contribution in [0.3, 0.4) is 0 Å². The molecule has 1 aromatic carbocycles. The zero-order chi connectivity index (χ0) is 15.2. The molecule has 0 aromatic heterocycles. The number of methoxy groups -OCH3 is 1. The van der Waals surface area contributed by atoms with Gasteiger partial charge in [0.15, 0.2) is 0 Å². The van der Waals surface area contributed by atoms with E-state index < -0.39 is 6.10 Å². The first-order valence-corrected chi connectivity index (χ1v) is 8.27. The Morgan fingerprint density at radius 2 is 2.33 bits per heavy atom. The maximum atomic E-state index is 10.5. The Kier molecular flexibility index (Phi) is 6.48. The quantitative estimate of drug-likeness (QED) is 0.849. The van der Waals surface area contributed by atoms with Crippen molar-refractivity contribution in [3.05, 3.63) is 28.2 Å². The molecule has 1 heterocycles. The summed E-state index contributed by atoms with van der Waals surface area (Å²) >= 11 is 3.53. The van der Waals surface area contributed by atoms with Crippen LogP contribution in [-0.4, -0.2) is 55.6 Å². The van der Waals surface area contributed by atoms with E-state index in [-0.39, 0.29) is 6.10 Å². The molecule has 1 aliphatic heterocycles. The summed E-state index contributed by atoms with van der Waals surface area (Å²) in [5, 5.41) is 10.5. The lowest BCUT2D eigenvalue weighted by molar-refractivity contribution is -0.0877. The largest absolute Gasteiger partial charge is 0.497 e. The van der Waals surface area contributed by atoms with Crippen molar-refractivity contribution < 1.29 is 14.6 Å². The molecule has 1 fully saturated rings. The Labute approximate surface area is 135 Å². The molecule has 2 rings (SSSR count). The van der Waals surface area contributed by atoms with Crippen molar-refractivity contribution in [3.8, 4) is 5.75 Å². The lowest BCUT2D eigenvalue weighted by Crippen LogP contribution is -2.48. The molecule has 0 radical (unpaired) electrons. The fraction of sp³-hybridized carbons (Fsp3) is 0.625. The predicted octanol–water partition coefficient (Wildman–Crippen LogP) is 2.47. The second-order valence-corrected chi connectivity index (χ2v) is 6.29. The number of ether oxygens (including phenoxy) is 2. The number of morpholine rings is 1. The molecular weight excluding hydrogens is 334 g/mol. The van der Waals surface area contributed by atoms with E-state index >= 15 is 0 Å². The highest BCUT2D eigenvalue weighted by molar-refractivity contribution is 9.10. The molecule has 0 bridgehead atoms. The van der Waals surface area contributed by atoms with Crippen LogP contribution in [-0.2, 0) is 11.2 Å². The molecule has 1 N–H and O–H groups in total. The van der Waals surface area contributed by atoms with Gasteiger partial charge in [-0.15, -0.1) is 0 Å². The SMILES string of the molecule is CCCN1CCOC(C(O)Cc2cc(OC)ccc2Br)C1. The Morgan fingerprint density at radius 3 is 3.05 bits per heavy atom. The summed E-state index contributed by atoms with van der Waals surface area (Å²) in [4.78, 5) is 2.36. The summed E-state index contributed by atoms with van der Waals surface area (Å²) in [5.41, 5.74) is 1.04. The van der Waals surface area contributed by atoms with E-state index in [0.29, 0.717) is 13.0 Å². The van der Waals surface area contributed by atoms with Crippen molar-refractivity contribution in [3.63, 3.8) is 0 Å². The van der Waals surface area contributed by atoms with Crippen LogP contribution in [0.5, 0.6) is 5.75 Å². The van der Waals surface area contributed by atoms with E-state index in [0.717, 1.165) is 41.8 Å². The topological polar surface area (TPSA) is 41.9 Å². The highest BCUT2D eigenvalue weighted by Crippen LogP contribution is 2.25. The number of halogens is 1. The van der Waals surface area contributed by atoms with Gasteiger partial charge < -0.3 is 14.6 Å². The van der Waals surface area contributed by atoms with Gasteiger partial charge in [-0.1, -0.05) is 22.9 Å². The molecule has 5 heteroatoms. The summed E-state index contributed by atoms with van der Waals surface area (Å²) in [5.74, 6) is 0.803. The smallest absolute Gasteiger partial charge is 0.119 e. The summed E-state index contributed by atoms with van der Waals surface area (Å²) in [6.45, 7) is 5.70. The minimum atomic E-state index is -0.506. The highest BCUT2D eigenvalue weighted by Gasteiger charge is 2.27. The second-order valence-electron chi connectivity index (χ2n) is 5.44. The third-order valence-corrected chi connectivity index (χ3v) is 4.60. The first kappa shape index (κ1) is 16.7. The van der Waals surface area contributed by atoms with Crippen LogP contribution >= 0.6 is 15.9 Å². The van der Waals surface area contributed by atoms with E-state index in [9.17, 15) is 5.11 Å². The number of nitrogens with zero attached hydrogens (tertiary/aromatic N) is 1. The second kappa shape index (κ2) is 8.13. The van der Waals surface area contributed by atoms with Gasteiger partial charge in [0.05, 0.1) is 25.9 Å². The fourth-order valence-electron chi connectivity index (χ4n) is 2.67. The molecule has 0 aliphatic carbocycles. The minimum Gasteiger partial charge on any atom is -0.497 e. The van der Waals surface area contributed by atoms with Gasteiger partial charge in [0.1, 0.15) is 5.75 Å². The molecule has 0 amide bonds. The Bertz CT molecular complexity index is 453. The van der Waals surface area contributed by atoms with E-state index in [2.05, 4.69) is 27.8 Å². The van der Waals surface area contributed by atoms with Crippen LogP contribution in [0.2, 0.25) is 0 Å². The third-order valence-electron chi connectivity index (χ3n) is 3.83. The molecule has 21 heavy (non-hydrogen) atoms. The summed E-state index contributed by atoms with van der Waals surface area (Å²) in [6, 6.07) is 5.81. The molecule has 118 valence electrons. The van der Waals surface area contributed by atoms with Gasteiger partial charge in [0.25, 0.3) is 0 Å². The molecular formula is C16H24BrNO3. The number of rotatable bonds is 6. The first-order chi connectivity index (χ1) is 10.1. The van der Waals surface area contributed by atoms with Gasteiger partial charge in [0, 0.05) is 24.0 Å². The zero-order valence-electron chi connectivity index (χ0n) is 12.7. The van der Waals surface area contributed by atoms with Crippen molar-refractivity contribution in [1.29, 1.82) is 0 Å². The van der Waals surface area contributed by atoms with E-state index in [1.807, 2.05) is 18.2 Å². The van der Waals surface area contributed by atoms with Crippen LogP contribution in [0.4, 0.5) is 0 Å². The Morgan fingerprint density at radius 1 is 1.52 bits per heavy atom. The van der Waals surface area contributed by atoms with Gasteiger partial charge in [-0.25, -0.2) is 0 Å². The van der Waals surface area contributed by atoms with Crippen LogP contribution < -0.4 is 4.74 Å². The number of benzene rings is 1. The van der Waals surface area contributed by atoms with Crippen LogP contribution in [0.15, 0.2) is 22.7 Å². The van der Waals surface area contributed by atoms with Gasteiger partial charge >= 0.3 is 0 Å². The zero-order valence-corrected chi connectivity index (χ0v) is 14.3. The lowest BCUT2D eigenvalue weighted by Gasteiger charge is -2.35. The number of hydrogen-bond acceptors (Lipinski definition) is 4. The molecule has 1 aromatic rings. The normalized spacial score (nSPS) is 21.2. The molecule has 0 saturated carbocycles. The Balaban J connectivity index is 1.98. The van der Waals surface area contributed by atoms with Crippen LogP contribution in [0, 0.1) is 0 Å². The summed E-state index contributed by atoms with van der Waals surface area (Å²) < 4.78 is 12.0. The molecule has 4 nitrogen and oxygen atoms in total. The maximum absolute atomic E-state index is 10.5. The van der Waals surface area contributed by atoms with E-state index in [4.69, 9.17) is 9.47 Å². The molecule has 1 aliphatic rings. The van der Waals surface area contributed by atoms with Crippen LogP contribution in [0.1, 0.15) is 18.9 Å². The fourth-order valence-corrected chi connectivity index (χ4v) is 3.08. The van der Waals surface area contributed by atoms with Crippen molar-refractivity contribution >= 4 is 15.9 Å².